The molecule has 34 heavy (non-hydrogen) atoms. The van der Waals surface area contributed by atoms with Crippen LogP contribution in [0, 0.1) is 25.2 Å². The molecule has 0 spiro atoms. The lowest BCUT2D eigenvalue weighted by Gasteiger charge is -2.41. The van der Waals surface area contributed by atoms with Crippen LogP contribution in [0.4, 0.5) is 5.69 Å². The number of benzene rings is 2. The number of allylic oxidation sites excluding steroid dienone is 3. The summed E-state index contributed by atoms with van der Waals surface area (Å²) in [7, 11) is 0. The van der Waals surface area contributed by atoms with E-state index >= 15 is 0 Å². The smallest absolute Gasteiger partial charge is 0.162 e. The van der Waals surface area contributed by atoms with E-state index in [2.05, 4.69) is 24.3 Å². The number of hydrogen-bond donors (Lipinski definition) is 1. The lowest BCUT2D eigenvalue weighted by molar-refractivity contribution is -0.116. The Morgan fingerprint density at radius 2 is 1.79 bits per heavy atom. The number of anilines is 1. The Kier molecular flexibility index (Phi) is 5.81. The molecule has 6 heteroatoms. The van der Waals surface area contributed by atoms with Crippen molar-refractivity contribution in [3.63, 3.8) is 0 Å². The van der Waals surface area contributed by atoms with E-state index in [4.69, 9.17) is 17.3 Å². The van der Waals surface area contributed by atoms with Crippen LogP contribution in [-0.4, -0.2) is 5.78 Å². The van der Waals surface area contributed by atoms with Crippen LogP contribution in [0.1, 0.15) is 45.6 Å². The molecule has 0 unspecified atom stereocenters. The largest absolute Gasteiger partial charge is 0.384 e. The fourth-order valence-corrected chi connectivity index (χ4v) is 6.31. The molecule has 5 rings (SSSR count). The first-order valence-corrected chi connectivity index (χ1v) is 12.4. The van der Waals surface area contributed by atoms with Gasteiger partial charge in [-0.15, -0.1) is 11.3 Å². The van der Waals surface area contributed by atoms with Crippen molar-refractivity contribution in [3.05, 3.63) is 109 Å². The maximum Gasteiger partial charge on any atom is 0.162 e. The van der Waals surface area contributed by atoms with Crippen LogP contribution in [0.2, 0.25) is 5.02 Å². The van der Waals surface area contributed by atoms with Gasteiger partial charge in [-0.1, -0.05) is 41.9 Å². The van der Waals surface area contributed by atoms with E-state index in [0.29, 0.717) is 34.8 Å². The number of thiophene rings is 1. The van der Waals surface area contributed by atoms with Crippen molar-refractivity contribution in [1.29, 1.82) is 5.26 Å². The van der Waals surface area contributed by atoms with E-state index in [1.54, 1.807) is 23.5 Å². The zero-order chi connectivity index (χ0) is 24.0. The van der Waals surface area contributed by atoms with E-state index in [1.807, 2.05) is 49.1 Å². The average Bonchev–Trinajstić information content (AvgIpc) is 3.17. The maximum atomic E-state index is 13.8. The third-order valence-corrected chi connectivity index (χ3v) is 7.95. The van der Waals surface area contributed by atoms with Crippen LogP contribution in [0.15, 0.2) is 83.3 Å². The average molecular weight is 486 g/mol. The van der Waals surface area contributed by atoms with Gasteiger partial charge in [-0.2, -0.15) is 5.26 Å². The summed E-state index contributed by atoms with van der Waals surface area (Å²) in [5.41, 5.74) is 11.6. The first-order chi connectivity index (χ1) is 16.4. The number of halogens is 1. The van der Waals surface area contributed by atoms with Gasteiger partial charge < -0.3 is 5.73 Å². The Balaban J connectivity index is 1.74. The van der Waals surface area contributed by atoms with Crippen LogP contribution in [0.3, 0.4) is 0 Å². The summed E-state index contributed by atoms with van der Waals surface area (Å²) < 4.78 is 0. The van der Waals surface area contributed by atoms with Gasteiger partial charge in [0, 0.05) is 38.2 Å². The number of hydrogen-bond acceptors (Lipinski definition) is 5. The van der Waals surface area contributed by atoms with Crippen LogP contribution < -0.4 is 10.6 Å². The number of nitrogens with zero attached hydrogens (tertiary/aromatic N) is 2. The summed E-state index contributed by atoms with van der Waals surface area (Å²) >= 11 is 7.83. The molecule has 0 saturated heterocycles. The second-order valence-corrected chi connectivity index (χ2v) is 10.7. The Labute approximate surface area is 208 Å². The molecule has 1 aromatic heterocycles. The minimum Gasteiger partial charge on any atom is -0.384 e. The molecular weight excluding hydrogens is 462 g/mol. The Morgan fingerprint density at radius 1 is 1.09 bits per heavy atom. The van der Waals surface area contributed by atoms with Gasteiger partial charge in [-0.3, -0.25) is 9.69 Å². The van der Waals surface area contributed by atoms with Crippen LogP contribution in [0.25, 0.3) is 0 Å². The number of ketones is 1. The van der Waals surface area contributed by atoms with Gasteiger partial charge in [0.2, 0.25) is 0 Å². The predicted octanol–water partition coefficient (Wildman–Crippen LogP) is 6.72. The highest BCUT2D eigenvalue weighted by Gasteiger charge is 2.43. The topological polar surface area (TPSA) is 70.1 Å². The van der Waals surface area contributed by atoms with Crippen molar-refractivity contribution in [2.45, 2.75) is 38.5 Å². The molecule has 2 N–H and O–H groups in total. The molecule has 0 bridgehead atoms. The van der Waals surface area contributed by atoms with E-state index in [1.165, 1.54) is 0 Å². The van der Waals surface area contributed by atoms with Crippen molar-refractivity contribution in [1.82, 2.24) is 0 Å². The molecule has 0 amide bonds. The van der Waals surface area contributed by atoms with Crippen LogP contribution in [0.5, 0.6) is 0 Å². The molecule has 2 atom stereocenters. The zero-order valence-electron chi connectivity index (χ0n) is 19.0. The lowest BCUT2D eigenvalue weighted by Crippen LogP contribution is -2.40. The van der Waals surface area contributed by atoms with E-state index in [0.717, 1.165) is 32.3 Å². The van der Waals surface area contributed by atoms with Gasteiger partial charge in [-0.05, 0) is 67.6 Å². The second kappa shape index (κ2) is 8.79. The first kappa shape index (κ1) is 22.5. The molecule has 1 aliphatic carbocycles. The number of aryl methyl sites for hydroxylation is 2. The van der Waals surface area contributed by atoms with Crippen molar-refractivity contribution < 1.29 is 4.79 Å². The van der Waals surface area contributed by atoms with Crippen LogP contribution in [-0.2, 0) is 4.79 Å². The Morgan fingerprint density at radius 3 is 2.41 bits per heavy atom. The minimum absolute atomic E-state index is 0.0460. The predicted molar refractivity (Wildman–Crippen MR) is 138 cm³/mol. The zero-order valence-corrected chi connectivity index (χ0v) is 20.6. The number of nitrogens with two attached hydrogens (primary N) is 1. The van der Waals surface area contributed by atoms with Crippen molar-refractivity contribution in [2.24, 2.45) is 5.73 Å². The first-order valence-electron chi connectivity index (χ1n) is 11.2. The number of Topliss-reactive ketones (excluding diaryl/α,β-unsaturated/α-hetero) is 1. The second-order valence-electron chi connectivity index (χ2n) is 8.82. The number of carbonyl (C=O) groups is 1. The number of rotatable bonds is 3. The molecule has 2 aliphatic rings. The van der Waals surface area contributed by atoms with Crippen molar-refractivity contribution >= 4 is 34.4 Å². The molecule has 4 nitrogen and oxygen atoms in total. The highest BCUT2D eigenvalue weighted by molar-refractivity contribution is 7.12. The Hall–Kier alpha value is -3.33. The summed E-state index contributed by atoms with van der Waals surface area (Å²) in [6, 6.07) is 21.9. The Bertz CT molecular complexity index is 1380. The maximum absolute atomic E-state index is 13.8. The molecule has 3 aromatic rings. The highest BCUT2D eigenvalue weighted by atomic mass is 35.5. The van der Waals surface area contributed by atoms with Gasteiger partial charge in [0.25, 0.3) is 0 Å². The standard InChI is InChI=1S/C28H24ClN3OS/c1-16-12-22(17(2)34-16)26-23(15-30)28(31)32(21-10-8-20(29)9-11-21)24-13-19(14-25(33)27(24)26)18-6-4-3-5-7-18/h3-12,19,26H,13-14,31H2,1-2H3/t19-,26-/m0/s1. The molecule has 170 valence electrons. The minimum atomic E-state index is -0.447. The van der Waals surface area contributed by atoms with Crippen molar-refractivity contribution in [2.75, 3.05) is 4.90 Å². The molecular formula is C28H24ClN3OS. The molecule has 0 fully saturated rings. The summed E-state index contributed by atoms with van der Waals surface area (Å²) in [6.45, 7) is 4.09. The summed E-state index contributed by atoms with van der Waals surface area (Å²) in [5.74, 6) is 0.0447. The fraction of sp³-hybridized carbons (Fsp3) is 0.214. The number of carbonyl (C=O) groups excluding carboxylic acids is 1. The summed E-state index contributed by atoms with van der Waals surface area (Å²) in [5, 5.41) is 10.9. The number of nitriles is 1. The molecule has 2 aromatic carbocycles. The summed E-state index contributed by atoms with van der Waals surface area (Å²) in [6.07, 6.45) is 1.07. The third-order valence-electron chi connectivity index (χ3n) is 6.71. The SMILES string of the molecule is Cc1cc([C@H]2C(C#N)=C(N)N(c3ccc(Cl)cc3)C3=C2C(=O)C[C@@H](c2ccccc2)C3)c(C)s1. The van der Waals surface area contributed by atoms with Gasteiger partial charge >= 0.3 is 0 Å². The van der Waals surface area contributed by atoms with Gasteiger partial charge in [0.05, 0.1) is 17.6 Å². The van der Waals surface area contributed by atoms with E-state index in [-0.39, 0.29) is 11.7 Å². The highest BCUT2D eigenvalue weighted by Crippen LogP contribution is 2.50. The van der Waals surface area contributed by atoms with Gasteiger partial charge in [0.1, 0.15) is 5.82 Å². The quantitative estimate of drug-likeness (QED) is 0.447. The molecule has 0 saturated carbocycles. The molecule has 1 aliphatic heterocycles. The van der Waals surface area contributed by atoms with Crippen molar-refractivity contribution in [3.8, 4) is 6.07 Å². The lowest BCUT2D eigenvalue weighted by atomic mass is 9.72. The van der Waals surface area contributed by atoms with Gasteiger partial charge in [0.15, 0.2) is 5.78 Å². The fourth-order valence-electron chi connectivity index (χ4n) is 5.22. The normalized spacial score (nSPS) is 20.4. The van der Waals surface area contributed by atoms with E-state index in [9.17, 15) is 10.1 Å². The monoisotopic (exact) mass is 485 g/mol. The molecule has 2 heterocycles. The van der Waals surface area contributed by atoms with Gasteiger partial charge in [-0.25, -0.2) is 0 Å². The third kappa shape index (κ3) is 3.73. The molecule has 0 radical (unpaired) electrons. The summed E-state index contributed by atoms with van der Waals surface area (Å²) in [4.78, 5) is 18.0. The van der Waals surface area contributed by atoms with Crippen LogP contribution >= 0.6 is 22.9 Å². The van der Waals surface area contributed by atoms with E-state index < -0.39 is 5.92 Å².